The molecule has 0 saturated heterocycles. The number of hydrogen-bond acceptors (Lipinski definition) is 6. The van der Waals surface area contributed by atoms with Gasteiger partial charge in [0.25, 0.3) is 0 Å². The van der Waals surface area contributed by atoms with Gasteiger partial charge < -0.3 is 0 Å². The van der Waals surface area contributed by atoms with Crippen molar-refractivity contribution in [2.45, 2.75) is 0 Å². The Morgan fingerprint density at radius 1 is 0.135 bits per heavy atom. The third kappa shape index (κ3) is 15.5. The van der Waals surface area contributed by atoms with Crippen LogP contribution >= 0.6 is 0 Å². The maximum atomic E-state index is 5.21. The van der Waals surface area contributed by atoms with Crippen LogP contribution in [0.4, 0.5) is 0 Å². The molecular weight excluding hydrogens is 1530 g/mol. The summed E-state index contributed by atoms with van der Waals surface area (Å²) < 4.78 is 0. The van der Waals surface area contributed by atoms with Crippen LogP contribution in [0.15, 0.2) is 474 Å². The fraction of sp³-hybridized carbons (Fsp3) is 0. The molecule has 0 bridgehead atoms. The van der Waals surface area contributed by atoms with Gasteiger partial charge in [-0.15, -0.1) is 0 Å². The fourth-order valence-corrected chi connectivity index (χ4v) is 17.5. The second-order valence-electron chi connectivity index (χ2n) is 32.2. The molecule has 6 aromatic heterocycles. The summed E-state index contributed by atoms with van der Waals surface area (Å²) in [6.45, 7) is 0. The molecule has 24 rings (SSSR count). The van der Waals surface area contributed by atoms with Crippen molar-refractivity contribution < 1.29 is 0 Å². The first-order valence-corrected chi connectivity index (χ1v) is 42.7. The van der Waals surface area contributed by atoms with Crippen molar-refractivity contribution in [3.05, 3.63) is 474 Å². The summed E-state index contributed by atoms with van der Waals surface area (Å²) in [5, 5.41) is 20.5. The maximum Gasteiger partial charge on any atom is 0.0780 e. The minimum Gasteiger partial charge on any atom is -0.256 e. The van der Waals surface area contributed by atoms with Gasteiger partial charge in [0.15, 0.2) is 0 Å². The summed E-state index contributed by atoms with van der Waals surface area (Å²) in [6, 6.07) is 161. The lowest BCUT2D eigenvalue weighted by Crippen LogP contribution is -1.92. The van der Waals surface area contributed by atoms with Gasteiger partial charge in [-0.05, 0) is 217 Å². The Kier molecular flexibility index (Phi) is 19.9. The van der Waals surface area contributed by atoms with Crippen LogP contribution in [-0.4, -0.2) is 29.9 Å². The lowest BCUT2D eigenvalue weighted by atomic mass is 9.95. The molecule has 0 unspecified atom stereocenters. The fourth-order valence-electron chi connectivity index (χ4n) is 17.5. The first kappa shape index (κ1) is 75.4. The minimum atomic E-state index is 0.959. The standard InChI is InChI=1S/3C40H26N2/c1-3-10-32-23-34(19-15-27(32)7-1)38-25-36(26-39(42-38)35-20-16-28-8-2-4-11-33(28)24-35)29-13-17-31(18-14-29)40-37-12-6-5-9-30(37)21-22-41-40;1-3-9-31-21-34(19-15-27(31)7-1)39-24-37(25-40(42-39)35-20-16-28-8-2-4-10-32(28)22-35)29-13-17-30(18-14-29)38-23-33-11-5-6-12-36(33)26-41-38;1-3-9-31-23-33(19-15-27(31)7-1)39-25-35(26-40(42-39)34-20-16-28-8-2-4-10-32(28)24-34)29-13-17-30(18-14-29)36-21-22-41-38-12-6-5-11-37(36)38/h3*1-26H. The van der Waals surface area contributed by atoms with Gasteiger partial charge in [-0.1, -0.05) is 358 Å². The number of benzene rings is 18. The molecular formula is C120H78N6. The topological polar surface area (TPSA) is 77.3 Å². The van der Waals surface area contributed by atoms with Gasteiger partial charge in [0.1, 0.15) is 0 Å². The molecule has 0 spiro atoms. The van der Waals surface area contributed by atoms with Gasteiger partial charge in [-0.3, -0.25) is 15.0 Å². The smallest absolute Gasteiger partial charge is 0.0780 e. The van der Waals surface area contributed by atoms with Gasteiger partial charge in [0.2, 0.25) is 0 Å². The van der Waals surface area contributed by atoms with E-state index in [1.165, 1.54) is 86.5 Å². The molecule has 6 heteroatoms. The van der Waals surface area contributed by atoms with E-state index in [0.29, 0.717) is 0 Å². The summed E-state index contributed by atoms with van der Waals surface area (Å²) in [7, 11) is 0. The number of fused-ring (bicyclic) bond motifs is 9. The van der Waals surface area contributed by atoms with Crippen LogP contribution in [0, 0.1) is 0 Å². The lowest BCUT2D eigenvalue weighted by Gasteiger charge is -2.12. The van der Waals surface area contributed by atoms with Crippen molar-refractivity contribution in [1.29, 1.82) is 0 Å². The molecule has 24 aromatic rings. The highest BCUT2D eigenvalue weighted by Gasteiger charge is 2.18. The van der Waals surface area contributed by atoms with Crippen molar-refractivity contribution in [3.63, 3.8) is 0 Å². The average Bonchev–Trinajstić information content (AvgIpc) is 0.785. The molecule has 0 aliphatic rings. The molecule has 126 heavy (non-hydrogen) atoms. The Hall–Kier alpha value is -16.8. The summed E-state index contributed by atoms with van der Waals surface area (Å²) in [6.07, 6.45) is 5.73. The zero-order valence-corrected chi connectivity index (χ0v) is 68.7. The van der Waals surface area contributed by atoms with Crippen LogP contribution in [0.1, 0.15) is 0 Å². The third-order valence-electron chi connectivity index (χ3n) is 24.2. The van der Waals surface area contributed by atoms with E-state index in [0.717, 1.165) is 145 Å². The maximum absolute atomic E-state index is 5.21. The van der Waals surface area contributed by atoms with E-state index in [1.807, 2.05) is 30.7 Å². The summed E-state index contributed by atoms with van der Waals surface area (Å²) >= 11 is 0. The van der Waals surface area contributed by atoms with Crippen LogP contribution in [0.3, 0.4) is 0 Å². The SMILES string of the molecule is c1ccc2cc(-c3cc(-c4ccc(-c5cc6ccccc6cn5)cc4)cc(-c4ccc5ccccc5c4)n3)ccc2c1.c1ccc2cc(-c3cc(-c4ccc(-c5ccnc6ccccc56)cc4)cc(-c4ccc5ccccc5c4)n3)ccc2c1.c1ccc2cc(-c3cc(-c4ccc(-c5nccc6ccccc56)cc4)cc(-c4ccc5ccccc5c4)n3)ccc2c1. The summed E-state index contributed by atoms with van der Waals surface area (Å²) in [5.74, 6) is 0. The van der Waals surface area contributed by atoms with Crippen molar-refractivity contribution in [2.24, 2.45) is 0 Å². The molecule has 6 nitrogen and oxygen atoms in total. The highest BCUT2D eigenvalue weighted by Crippen LogP contribution is 2.41. The van der Waals surface area contributed by atoms with Crippen molar-refractivity contribution >= 4 is 97.1 Å². The first-order valence-electron chi connectivity index (χ1n) is 42.7. The predicted molar refractivity (Wildman–Crippen MR) is 529 cm³/mol. The monoisotopic (exact) mass is 1600 g/mol. The molecule has 0 aliphatic carbocycles. The van der Waals surface area contributed by atoms with Crippen LogP contribution in [0.5, 0.6) is 0 Å². The van der Waals surface area contributed by atoms with E-state index in [9.17, 15) is 0 Å². The highest BCUT2D eigenvalue weighted by atomic mass is 14.7. The minimum absolute atomic E-state index is 0.959. The Morgan fingerprint density at radius 3 is 0.770 bits per heavy atom. The van der Waals surface area contributed by atoms with Crippen molar-refractivity contribution in [1.82, 2.24) is 29.9 Å². The van der Waals surface area contributed by atoms with Gasteiger partial charge >= 0.3 is 0 Å². The first-order chi connectivity index (χ1) is 62.3. The molecule has 0 fully saturated rings. The van der Waals surface area contributed by atoms with Gasteiger partial charge in [0.05, 0.1) is 51.1 Å². The molecule has 0 saturated carbocycles. The number of pyridine rings is 6. The van der Waals surface area contributed by atoms with Crippen molar-refractivity contribution in [2.75, 3.05) is 0 Å². The average molecular weight is 1600 g/mol. The molecule has 0 N–H and O–H groups in total. The van der Waals surface area contributed by atoms with Crippen LogP contribution in [0.2, 0.25) is 0 Å². The highest BCUT2D eigenvalue weighted by molar-refractivity contribution is 5.99. The third-order valence-corrected chi connectivity index (χ3v) is 24.2. The Labute approximate surface area is 730 Å². The quantitative estimate of drug-likeness (QED) is 0.121. The van der Waals surface area contributed by atoms with E-state index < -0.39 is 0 Å². The second-order valence-corrected chi connectivity index (χ2v) is 32.2. The molecule has 6 heterocycles. The summed E-state index contributed by atoms with van der Waals surface area (Å²) in [5.41, 5.74) is 26.8. The normalized spacial score (nSPS) is 11.3. The van der Waals surface area contributed by atoms with Gasteiger partial charge in [0, 0.05) is 79.3 Å². The molecule has 0 amide bonds. The predicted octanol–water partition coefficient (Wildman–Crippen LogP) is 31.8. The van der Waals surface area contributed by atoms with E-state index in [2.05, 4.69) is 448 Å². The number of hydrogen-bond donors (Lipinski definition) is 0. The van der Waals surface area contributed by atoms with E-state index in [-0.39, 0.29) is 0 Å². The van der Waals surface area contributed by atoms with Gasteiger partial charge in [-0.2, -0.15) is 0 Å². The molecule has 0 atom stereocenters. The number of rotatable bonds is 12. The van der Waals surface area contributed by atoms with Crippen LogP contribution in [0.25, 0.3) is 232 Å². The van der Waals surface area contributed by atoms with E-state index in [1.54, 1.807) is 0 Å². The van der Waals surface area contributed by atoms with E-state index >= 15 is 0 Å². The zero-order chi connectivity index (χ0) is 83.6. The zero-order valence-electron chi connectivity index (χ0n) is 68.7. The number of aromatic nitrogens is 6. The molecule has 0 aliphatic heterocycles. The number of para-hydroxylation sites is 1. The Morgan fingerprint density at radius 2 is 0.405 bits per heavy atom. The Balaban J connectivity index is 0.000000112. The lowest BCUT2D eigenvalue weighted by molar-refractivity contribution is 1.33. The Bertz CT molecular complexity index is 7650. The molecule has 0 radical (unpaired) electrons. The molecule has 18 aromatic carbocycles. The molecule has 588 valence electrons. The van der Waals surface area contributed by atoms with Gasteiger partial charge in [-0.25, -0.2) is 15.0 Å². The summed E-state index contributed by atoms with van der Waals surface area (Å²) in [4.78, 5) is 29.6. The number of nitrogens with zero attached hydrogens (tertiary/aromatic N) is 6. The van der Waals surface area contributed by atoms with E-state index in [4.69, 9.17) is 24.9 Å². The second kappa shape index (κ2) is 33.3. The van der Waals surface area contributed by atoms with Crippen LogP contribution in [-0.2, 0) is 0 Å². The van der Waals surface area contributed by atoms with Crippen molar-refractivity contribution in [3.8, 4) is 135 Å². The largest absolute Gasteiger partial charge is 0.256 e. The van der Waals surface area contributed by atoms with Crippen LogP contribution < -0.4 is 0 Å².